The SMILES string of the molecule is CCC1(CNC(=O)c2cscn2)CC1. The fourth-order valence-electron chi connectivity index (χ4n) is 1.52. The Morgan fingerprint density at radius 2 is 2.50 bits per heavy atom. The summed E-state index contributed by atoms with van der Waals surface area (Å²) in [6.45, 7) is 2.99. The van der Waals surface area contributed by atoms with E-state index in [9.17, 15) is 4.79 Å². The zero-order valence-electron chi connectivity index (χ0n) is 8.25. The van der Waals surface area contributed by atoms with Crippen molar-refractivity contribution in [2.75, 3.05) is 6.54 Å². The molecule has 0 radical (unpaired) electrons. The zero-order chi connectivity index (χ0) is 10.0. The summed E-state index contributed by atoms with van der Waals surface area (Å²) in [5.41, 5.74) is 2.63. The minimum absolute atomic E-state index is 0.0361. The van der Waals surface area contributed by atoms with Gasteiger partial charge in [0.1, 0.15) is 5.69 Å². The van der Waals surface area contributed by atoms with E-state index >= 15 is 0 Å². The second kappa shape index (κ2) is 3.69. The van der Waals surface area contributed by atoms with Crippen molar-refractivity contribution in [3.8, 4) is 0 Å². The second-order valence-electron chi connectivity index (χ2n) is 3.91. The first-order chi connectivity index (χ1) is 6.76. The zero-order valence-corrected chi connectivity index (χ0v) is 9.06. The first-order valence-electron chi connectivity index (χ1n) is 4.92. The van der Waals surface area contributed by atoms with E-state index < -0.39 is 0 Å². The van der Waals surface area contributed by atoms with Crippen molar-refractivity contribution in [1.82, 2.24) is 10.3 Å². The second-order valence-corrected chi connectivity index (χ2v) is 4.63. The number of nitrogens with zero attached hydrogens (tertiary/aromatic N) is 1. The van der Waals surface area contributed by atoms with Crippen LogP contribution in [0.15, 0.2) is 10.9 Å². The highest BCUT2D eigenvalue weighted by Crippen LogP contribution is 2.47. The molecule has 0 atom stereocenters. The van der Waals surface area contributed by atoms with Crippen molar-refractivity contribution in [2.24, 2.45) is 5.41 Å². The molecule has 76 valence electrons. The summed E-state index contributed by atoms with van der Waals surface area (Å²) in [4.78, 5) is 15.5. The van der Waals surface area contributed by atoms with Gasteiger partial charge in [0.15, 0.2) is 0 Å². The molecule has 0 aromatic carbocycles. The number of rotatable bonds is 4. The summed E-state index contributed by atoms with van der Waals surface area (Å²) in [6, 6.07) is 0. The molecule has 1 aromatic heterocycles. The van der Waals surface area contributed by atoms with Gasteiger partial charge in [-0.15, -0.1) is 11.3 Å². The molecule has 1 N–H and O–H groups in total. The van der Waals surface area contributed by atoms with Crippen LogP contribution in [-0.4, -0.2) is 17.4 Å². The van der Waals surface area contributed by atoms with Gasteiger partial charge in [-0.3, -0.25) is 4.79 Å². The van der Waals surface area contributed by atoms with Gasteiger partial charge < -0.3 is 5.32 Å². The molecule has 14 heavy (non-hydrogen) atoms. The topological polar surface area (TPSA) is 42.0 Å². The average Bonchev–Trinajstić information content (AvgIpc) is 2.78. The molecule has 2 rings (SSSR count). The molecule has 0 aliphatic heterocycles. The van der Waals surface area contributed by atoms with Crippen LogP contribution in [0.2, 0.25) is 0 Å². The number of amides is 1. The van der Waals surface area contributed by atoms with E-state index in [4.69, 9.17) is 0 Å². The number of hydrogen-bond acceptors (Lipinski definition) is 3. The Labute approximate surface area is 87.6 Å². The van der Waals surface area contributed by atoms with E-state index in [0.717, 1.165) is 13.0 Å². The molecule has 1 fully saturated rings. The molecule has 0 spiro atoms. The van der Waals surface area contributed by atoms with Gasteiger partial charge in [-0.05, 0) is 24.7 Å². The van der Waals surface area contributed by atoms with Crippen molar-refractivity contribution >= 4 is 17.2 Å². The van der Waals surface area contributed by atoms with Crippen LogP contribution in [0.1, 0.15) is 36.7 Å². The molecular weight excluding hydrogens is 196 g/mol. The van der Waals surface area contributed by atoms with Crippen LogP contribution in [0.5, 0.6) is 0 Å². The summed E-state index contributed by atoms with van der Waals surface area (Å²) in [6.07, 6.45) is 3.66. The molecule has 0 unspecified atom stereocenters. The fourth-order valence-corrected chi connectivity index (χ4v) is 2.05. The first kappa shape index (κ1) is 9.65. The number of aromatic nitrogens is 1. The molecule has 1 aliphatic carbocycles. The minimum Gasteiger partial charge on any atom is -0.350 e. The first-order valence-corrected chi connectivity index (χ1v) is 5.86. The lowest BCUT2D eigenvalue weighted by Gasteiger charge is -2.12. The lowest BCUT2D eigenvalue weighted by atomic mass is 10.0. The van der Waals surface area contributed by atoms with Crippen LogP contribution in [0, 0.1) is 5.41 Å². The van der Waals surface area contributed by atoms with E-state index in [0.29, 0.717) is 11.1 Å². The van der Waals surface area contributed by atoms with Crippen LogP contribution in [-0.2, 0) is 0 Å². The third kappa shape index (κ3) is 1.95. The van der Waals surface area contributed by atoms with E-state index in [1.807, 2.05) is 0 Å². The van der Waals surface area contributed by atoms with Crippen molar-refractivity contribution in [2.45, 2.75) is 26.2 Å². The Bertz CT molecular complexity index is 317. The van der Waals surface area contributed by atoms with Crippen molar-refractivity contribution in [3.63, 3.8) is 0 Å². The van der Waals surface area contributed by atoms with Crippen LogP contribution in [0.3, 0.4) is 0 Å². The summed E-state index contributed by atoms with van der Waals surface area (Å²) in [5, 5.41) is 4.72. The van der Waals surface area contributed by atoms with E-state index in [1.54, 1.807) is 10.9 Å². The smallest absolute Gasteiger partial charge is 0.270 e. The molecule has 1 aliphatic rings. The summed E-state index contributed by atoms with van der Waals surface area (Å²) in [7, 11) is 0. The van der Waals surface area contributed by atoms with Gasteiger partial charge in [0, 0.05) is 11.9 Å². The standard InChI is InChI=1S/C10H14N2OS/c1-2-10(3-4-10)6-11-9(13)8-5-14-7-12-8/h5,7H,2-4,6H2,1H3,(H,11,13). The summed E-state index contributed by atoms with van der Waals surface area (Å²) in [5.74, 6) is -0.0361. The largest absolute Gasteiger partial charge is 0.350 e. The number of thiazole rings is 1. The molecular formula is C10H14N2OS. The minimum atomic E-state index is -0.0361. The summed E-state index contributed by atoms with van der Waals surface area (Å²) >= 11 is 1.45. The number of nitrogens with one attached hydrogen (secondary N) is 1. The van der Waals surface area contributed by atoms with E-state index in [-0.39, 0.29) is 5.91 Å². The predicted octanol–water partition coefficient (Wildman–Crippen LogP) is 2.06. The molecule has 4 heteroatoms. The Hall–Kier alpha value is -0.900. The number of hydrogen-bond donors (Lipinski definition) is 1. The van der Waals surface area contributed by atoms with Crippen molar-refractivity contribution in [1.29, 1.82) is 0 Å². The Morgan fingerprint density at radius 3 is 3.00 bits per heavy atom. The van der Waals surface area contributed by atoms with E-state index in [1.165, 1.54) is 24.2 Å². The van der Waals surface area contributed by atoms with Crippen LogP contribution in [0.4, 0.5) is 0 Å². The van der Waals surface area contributed by atoms with Gasteiger partial charge in [0.2, 0.25) is 0 Å². The molecule has 1 heterocycles. The highest BCUT2D eigenvalue weighted by molar-refractivity contribution is 7.07. The third-order valence-electron chi connectivity index (χ3n) is 3.00. The van der Waals surface area contributed by atoms with E-state index in [2.05, 4.69) is 17.2 Å². The van der Waals surface area contributed by atoms with Crippen molar-refractivity contribution < 1.29 is 4.79 Å². The van der Waals surface area contributed by atoms with Crippen LogP contribution < -0.4 is 5.32 Å². The summed E-state index contributed by atoms with van der Waals surface area (Å²) < 4.78 is 0. The lowest BCUT2D eigenvalue weighted by Crippen LogP contribution is -2.30. The molecule has 0 saturated heterocycles. The van der Waals surface area contributed by atoms with Gasteiger partial charge in [-0.1, -0.05) is 6.92 Å². The van der Waals surface area contributed by atoms with Gasteiger partial charge in [-0.25, -0.2) is 4.98 Å². The maximum Gasteiger partial charge on any atom is 0.270 e. The average molecular weight is 210 g/mol. The Morgan fingerprint density at radius 1 is 1.71 bits per heavy atom. The Kier molecular flexibility index (Phi) is 2.54. The normalized spacial score (nSPS) is 17.8. The highest BCUT2D eigenvalue weighted by Gasteiger charge is 2.40. The Balaban J connectivity index is 1.84. The van der Waals surface area contributed by atoms with Crippen molar-refractivity contribution in [3.05, 3.63) is 16.6 Å². The van der Waals surface area contributed by atoms with Crippen LogP contribution >= 0.6 is 11.3 Å². The molecule has 0 bridgehead atoms. The van der Waals surface area contributed by atoms with Gasteiger partial charge in [0.25, 0.3) is 5.91 Å². The molecule has 1 aromatic rings. The van der Waals surface area contributed by atoms with Crippen LogP contribution in [0.25, 0.3) is 0 Å². The number of carbonyl (C=O) groups is 1. The predicted molar refractivity (Wildman–Crippen MR) is 56.4 cm³/mol. The third-order valence-corrected chi connectivity index (χ3v) is 3.58. The van der Waals surface area contributed by atoms with Gasteiger partial charge in [0.05, 0.1) is 5.51 Å². The quantitative estimate of drug-likeness (QED) is 0.826. The maximum atomic E-state index is 11.5. The number of carbonyl (C=O) groups excluding carboxylic acids is 1. The van der Waals surface area contributed by atoms with Gasteiger partial charge >= 0.3 is 0 Å². The maximum absolute atomic E-state index is 11.5. The fraction of sp³-hybridized carbons (Fsp3) is 0.600. The molecule has 1 saturated carbocycles. The highest BCUT2D eigenvalue weighted by atomic mass is 32.1. The van der Waals surface area contributed by atoms with Gasteiger partial charge in [-0.2, -0.15) is 0 Å². The molecule has 3 nitrogen and oxygen atoms in total. The lowest BCUT2D eigenvalue weighted by molar-refractivity contribution is 0.0940. The monoisotopic (exact) mass is 210 g/mol. The molecule has 1 amide bonds.